The summed E-state index contributed by atoms with van der Waals surface area (Å²) in [7, 11) is 0. The third-order valence-electron chi connectivity index (χ3n) is 3.23. The van der Waals surface area contributed by atoms with Crippen LogP contribution in [0.5, 0.6) is 0 Å². The first-order valence-corrected chi connectivity index (χ1v) is 6.94. The monoisotopic (exact) mass is 287 g/mol. The maximum Gasteiger partial charge on any atom is 0.401 e. The van der Waals surface area contributed by atoms with Crippen molar-refractivity contribution in [3.05, 3.63) is 29.6 Å². The van der Waals surface area contributed by atoms with Gasteiger partial charge in [-0.25, -0.2) is 0 Å². The predicted molar refractivity (Wildman–Crippen MR) is 71.1 cm³/mol. The van der Waals surface area contributed by atoms with Crippen molar-refractivity contribution in [3.63, 3.8) is 0 Å². The van der Waals surface area contributed by atoms with Crippen molar-refractivity contribution >= 4 is 0 Å². The van der Waals surface area contributed by atoms with E-state index in [1.165, 1.54) is 4.90 Å². The van der Waals surface area contributed by atoms with E-state index in [0.717, 1.165) is 25.1 Å². The molecule has 0 radical (unpaired) electrons. The number of nitrogens with one attached hydrogen (secondary N) is 1. The van der Waals surface area contributed by atoms with E-state index in [0.29, 0.717) is 12.2 Å². The fourth-order valence-corrected chi connectivity index (χ4v) is 2.16. The molecular weight excluding hydrogens is 267 g/mol. The average molecular weight is 287 g/mol. The lowest BCUT2D eigenvalue weighted by Gasteiger charge is -2.23. The lowest BCUT2D eigenvalue weighted by molar-refractivity contribution is -0.148. The van der Waals surface area contributed by atoms with Crippen LogP contribution in [0.2, 0.25) is 0 Å². The van der Waals surface area contributed by atoms with E-state index < -0.39 is 12.7 Å². The van der Waals surface area contributed by atoms with Gasteiger partial charge in [-0.15, -0.1) is 0 Å². The molecule has 0 unspecified atom stereocenters. The van der Waals surface area contributed by atoms with Crippen molar-refractivity contribution in [2.75, 3.05) is 13.1 Å². The number of aromatic nitrogens is 1. The Morgan fingerprint density at radius 1 is 1.30 bits per heavy atom. The molecule has 0 saturated heterocycles. The van der Waals surface area contributed by atoms with Gasteiger partial charge in [-0.3, -0.25) is 9.88 Å². The molecule has 6 heteroatoms. The topological polar surface area (TPSA) is 28.2 Å². The molecule has 1 heterocycles. The summed E-state index contributed by atoms with van der Waals surface area (Å²) in [6.07, 6.45) is -2.44. The Balaban J connectivity index is 1.99. The summed E-state index contributed by atoms with van der Waals surface area (Å²) < 4.78 is 37.7. The van der Waals surface area contributed by atoms with Gasteiger partial charge >= 0.3 is 6.18 Å². The largest absolute Gasteiger partial charge is 0.401 e. The third-order valence-corrected chi connectivity index (χ3v) is 3.23. The predicted octanol–water partition coefficient (Wildman–Crippen LogP) is 2.72. The zero-order valence-corrected chi connectivity index (χ0v) is 11.6. The van der Waals surface area contributed by atoms with Gasteiger partial charge in [0.2, 0.25) is 0 Å². The molecule has 0 bridgehead atoms. The van der Waals surface area contributed by atoms with Gasteiger partial charge in [0.15, 0.2) is 0 Å². The molecule has 1 N–H and O–H groups in total. The van der Waals surface area contributed by atoms with E-state index in [2.05, 4.69) is 10.3 Å². The number of pyridine rings is 1. The van der Waals surface area contributed by atoms with Gasteiger partial charge in [-0.2, -0.15) is 13.2 Å². The fourth-order valence-electron chi connectivity index (χ4n) is 2.16. The van der Waals surface area contributed by atoms with Crippen LogP contribution in [0.3, 0.4) is 0 Å². The minimum Gasteiger partial charge on any atom is -0.311 e. The smallest absolute Gasteiger partial charge is 0.311 e. The van der Waals surface area contributed by atoms with Crippen LogP contribution >= 0.6 is 0 Å². The first-order chi connectivity index (χ1) is 9.48. The highest BCUT2D eigenvalue weighted by Gasteiger charge is 2.38. The van der Waals surface area contributed by atoms with Crippen LogP contribution in [0.25, 0.3) is 0 Å². The molecule has 0 aliphatic heterocycles. The molecular formula is C14H20F3N3. The lowest BCUT2D eigenvalue weighted by atomic mass is 10.2. The molecule has 3 nitrogen and oxygen atoms in total. The number of nitrogens with zero attached hydrogens (tertiary/aromatic N) is 2. The van der Waals surface area contributed by atoms with Crippen molar-refractivity contribution in [1.29, 1.82) is 0 Å². The van der Waals surface area contributed by atoms with Gasteiger partial charge in [-0.05, 0) is 31.5 Å². The molecule has 112 valence electrons. The van der Waals surface area contributed by atoms with Crippen LogP contribution in [0.15, 0.2) is 18.2 Å². The van der Waals surface area contributed by atoms with Gasteiger partial charge in [0.05, 0.1) is 17.9 Å². The van der Waals surface area contributed by atoms with E-state index in [9.17, 15) is 13.2 Å². The molecule has 0 amide bonds. The zero-order chi connectivity index (χ0) is 14.6. The summed E-state index contributed by atoms with van der Waals surface area (Å²) in [6.45, 7) is 2.91. The van der Waals surface area contributed by atoms with Crippen LogP contribution in [0.4, 0.5) is 13.2 Å². The van der Waals surface area contributed by atoms with E-state index in [4.69, 9.17) is 0 Å². The molecule has 2 rings (SSSR count). The molecule has 0 spiro atoms. The van der Waals surface area contributed by atoms with E-state index in [-0.39, 0.29) is 12.6 Å². The van der Waals surface area contributed by atoms with E-state index in [1.54, 1.807) is 6.07 Å². The Kier molecular flexibility index (Phi) is 4.99. The Morgan fingerprint density at radius 2 is 2.00 bits per heavy atom. The number of hydrogen-bond acceptors (Lipinski definition) is 3. The lowest BCUT2D eigenvalue weighted by Crippen LogP contribution is -2.35. The van der Waals surface area contributed by atoms with Crippen LogP contribution in [0.1, 0.15) is 31.2 Å². The first kappa shape index (κ1) is 15.3. The molecule has 1 aromatic heterocycles. The van der Waals surface area contributed by atoms with Crippen LogP contribution in [-0.2, 0) is 13.1 Å². The van der Waals surface area contributed by atoms with Gasteiger partial charge in [0.1, 0.15) is 0 Å². The Morgan fingerprint density at radius 3 is 2.60 bits per heavy atom. The first-order valence-electron chi connectivity index (χ1n) is 6.94. The fraction of sp³-hybridized carbons (Fsp3) is 0.643. The maximum atomic E-state index is 12.6. The van der Waals surface area contributed by atoms with Crippen molar-refractivity contribution in [2.45, 2.75) is 45.1 Å². The summed E-state index contributed by atoms with van der Waals surface area (Å²) in [4.78, 5) is 5.90. The molecule has 1 aliphatic rings. The summed E-state index contributed by atoms with van der Waals surface area (Å²) in [6, 6.07) is 5.60. The van der Waals surface area contributed by atoms with Gasteiger partial charge < -0.3 is 5.32 Å². The summed E-state index contributed by atoms with van der Waals surface area (Å²) in [5.41, 5.74) is 1.57. The highest BCUT2D eigenvalue weighted by atomic mass is 19.4. The highest BCUT2D eigenvalue weighted by molar-refractivity contribution is 5.11. The molecule has 1 fully saturated rings. The van der Waals surface area contributed by atoms with Crippen LogP contribution in [-0.4, -0.2) is 35.2 Å². The van der Waals surface area contributed by atoms with Crippen LogP contribution < -0.4 is 5.32 Å². The van der Waals surface area contributed by atoms with Crippen molar-refractivity contribution in [2.24, 2.45) is 0 Å². The summed E-state index contributed by atoms with van der Waals surface area (Å²) in [5.74, 6) is 0. The van der Waals surface area contributed by atoms with E-state index in [1.807, 2.05) is 19.1 Å². The van der Waals surface area contributed by atoms with Gasteiger partial charge in [-0.1, -0.05) is 13.0 Å². The standard InChI is InChI=1S/C14H20F3N3/c1-2-18-8-11-4-3-5-12(19-11)9-20(13-6-7-13)10-14(15,16)17/h3-5,13,18H,2,6-10H2,1H3. The second-order valence-corrected chi connectivity index (χ2v) is 5.15. The Hall–Kier alpha value is -1.14. The van der Waals surface area contributed by atoms with E-state index >= 15 is 0 Å². The number of rotatable bonds is 7. The normalized spacial score (nSPS) is 15.8. The number of hydrogen-bond donors (Lipinski definition) is 1. The molecule has 0 atom stereocenters. The maximum absolute atomic E-state index is 12.6. The van der Waals surface area contributed by atoms with Crippen molar-refractivity contribution in [3.8, 4) is 0 Å². The zero-order valence-electron chi connectivity index (χ0n) is 11.6. The van der Waals surface area contributed by atoms with Gasteiger partial charge in [0.25, 0.3) is 0 Å². The minimum atomic E-state index is -4.15. The minimum absolute atomic E-state index is 0.0656. The average Bonchev–Trinajstić information content (AvgIpc) is 3.18. The molecule has 1 aliphatic carbocycles. The molecule has 20 heavy (non-hydrogen) atoms. The third kappa shape index (κ3) is 5.09. The number of halogens is 3. The second kappa shape index (κ2) is 6.54. The Labute approximate surface area is 117 Å². The molecule has 0 aromatic carbocycles. The number of alkyl halides is 3. The SMILES string of the molecule is CCNCc1cccc(CN(CC(F)(F)F)C2CC2)n1. The highest BCUT2D eigenvalue weighted by Crippen LogP contribution is 2.31. The quantitative estimate of drug-likeness (QED) is 0.836. The summed E-state index contributed by atoms with van der Waals surface area (Å²) >= 11 is 0. The Bertz CT molecular complexity index is 430. The molecule has 1 aromatic rings. The summed E-state index contributed by atoms with van der Waals surface area (Å²) in [5, 5.41) is 3.16. The van der Waals surface area contributed by atoms with Gasteiger partial charge in [0, 0.05) is 19.1 Å². The second-order valence-electron chi connectivity index (χ2n) is 5.15. The van der Waals surface area contributed by atoms with Crippen LogP contribution in [0, 0.1) is 0 Å². The van der Waals surface area contributed by atoms with Crippen molar-refractivity contribution < 1.29 is 13.2 Å². The molecule has 1 saturated carbocycles. The van der Waals surface area contributed by atoms with Crippen molar-refractivity contribution in [1.82, 2.24) is 15.2 Å².